The SMILES string of the molecule is CC=Cc1cnc(Nc2nc(C)cs2)c(OCc2ccccc2)c1. The summed E-state index contributed by atoms with van der Waals surface area (Å²) in [7, 11) is 0. The first-order valence-electron chi connectivity index (χ1n) is 7.73. The molecule has 0 saturated carbocycles. The third-order valence-corrected chi connectivity index (χ3v) is 4.19. The lowest BCUT2D eigenvalue weighted by Gasteiger charge is -2.12. The average Bonchev–Trinajstić information content (AvgIpc) is 3.01. The molecule has 4 nitrogen and oxygen atoms in total. The lowest BCUT2D eigenvalue weighted by molar-refractivity contribution is 0.307. The van der Waals surface area contributed by atoms with Crippen molar-refractivity contribution in [3.8, 4) is 5.75 Å². The molecule has 0 bridgehead atoms. The van der Waals surface area contributed by atoms with Gasteiger partial charge in [0.25, 0.3) is 0 Å². The van der Waals surface area contributed by atoms with Crippen LogP contribution in [-0.4, -0.2) is 9.97 Å². The second-order valence-corrected chi connectivity index (χ2v) is 6.17. The Labute approximate surface area is 145 Å². The predicted molar refractivity (Wildman–Crippen MR) is 99.9 cm³/mol. The highest BCUT2D eigenvalue weighted by Gasteiger charge is 2.09. The first kappa shape index (κ1) is 16.2. The smallest absolute Gasteiger partial charge is 0.188 e. The first-order chi connectivity index (χ1) is 11.7. The van der Waals surface area contributed by atoms with Crippen molar-refractivity contribution >= 4 is 28.4 Å². The highest BCUT2D eigenvalue weighted by Crippen LogP contribution is 2.29. The number of hydrogen-bond acceptors (Lipinski definition) is 5. The van der Waals surface area contributed by atoms with Gasteiger partial charge in [-0.05, 0) is 31.0 Å². The van der Waals surface area contributed by atoms with Gasteiger partial charge in [0.05, 0.1) is 5.69 Å². The van der Waals surface area contributed by atoms with Gasteiger partial charge in [-0.2, -0.15) is 0 Å². The van der Waals surface area contributed by atoms with Crippen molar-refractivity contribution in [2.75, 3.05) is 5.32 Å². The molecule has 2 aromatic heterocycles. The third kappa shape index (κ3) is 4.20. The van der Waals surface area contributed by atoms with Crippen molar-refractivity contribution in [2.45, 2.75) is 20.5 Å². The number of allylic oxidation sites excluding steroid dienone is 1. The van der Waals surface area contributed by atoms with E-state index >= 15 is 0 Å². The number of rotatable bonds is 6. The third-order valence-electron chi connectivity index (χ3n) is 3.31. The summed E-state index contributed by atoms with van der Waals surface area (Å²) in [6, 6.07) is 12.1. The molecule has 0 amide bonds. The minimum Gasteiger partial charge on any atom is -0.485 e. The number of nitrogens with one attached hydrogen (secondary N) is 1. The van der Waals surface area contributed by atoms with Crippen LogP contribution in [0.4, 0.5) is 10.9 Å². The molecule has 0 atom stereocenters. The van der Waals surface area contributed by atoms with Crippen LogP contribution < -0.4 is 10.1 Å². The van der Waals surface area contributed by atoms with Gasteiger partial charge in [0.15, 0.2) is 16.7 Å². The number of aryl methyl sites for hydroxylation is 1. The quantitative estimate of drug-likeness (QED) is 0.671. The molecule has 0 spiro atoms. The zero-order chi connectivity index (χ0) is 16.8. The molecule has 24 heavy (non-hydrogen) atoms. The maximum atomic E-state index is 6.01. The Morgan fingerprint density at radius 1 is 1.25 bits per heavy atom. The molecule has 0 fully saturated rings. The monoisotopic (exact) mass is 337 g/mol. The molecular formula is C19H19N3OS. The predicted octanol–water partition coefficient (Wildman–Crippen LogP) is 5.20. The fourth-order valence-corrected chi connectivity index (χ4v) is 2.88. The summed E-state index contributed by atoms with van der Waals surface area (Å²) in [5.41, 5.74) is 3.10. The number of benzene rings is 1. The molecule has 0 unspecified atom stereocenters. The van der Waals surface area contributed by atoms with Crippen LogP contribution in [0.3, 0.4) is 0 Å². The molecule has 0 aliphatic heterocycles. The molecule has 122 valence electrons. The normalized spacial score (nSPS) is 10.9. The van der Waals surface area contributed by atoms with Crippen molar-refractivity contribution in [2.24, 2.45) is 0 Å². The second-order valence-electron chi connectivity index (χ2n) is 5.31. The van der Waals surface area contributed by atoms with Gasteiger partial charge in [-0.3, -0.25) is 0 Å². The van der Waals surface area contributed by atoms with E-state index in [1.54, 1.807) is 11.3 Å². The van der Waals surface area contributed by atoms with Crippen LogP contribution in [-0.2, 0) is 6.61 Å². The molecule has 0 aliphatic rings. The minimum atomic E-state index is 0.493. The summed E-state index contributed by atoms with van der Waals surface area (Å²) in [5, 5.41) is 6.06. The van der Waals surface area contributed by atoms with E-state index < -0.39 is 0 Å². The van der Waals surface area contributed by atoms with E-state index in [1.807, 2.05) is 74.0 Å². The van der Waals surface area contributed by atoms with Crippen LogP contribution in [0.1, 0.15) is 23.7 Å². The van der Waals surface area contributed by atoms with Crippen LogP contribution in [0.2, 0.25) is 0 Å². The first-order valence-corrected chi connectivity index (χ1v) is 8.61. The Morgan fingerprint density at radius 2 is 2.08 bits per heavy atom. The molecule has 5 heteroatoms. The minimum absolute atomic E-state index is 0.493. The number of hydrogen-bond donors (Lipinski definition) is 1. The number of anilines is 2. The topological polar surface area (TPSA) is 47.0 Å². The molecule has 3 rings (SSSR count). The molecule has 0 saturated heterocycles. The van der Waals surface area contributed by atoms with Crippen LogP contribution in [0.25, 0.3) is 6.08 Å². The highest BCUT2D eigenvalue weighted by molar-refractivity contribution is 7.13. The second kappa shape index (κ2) is 7.75. The van der Waals surface area contributed by atoms with E-state index in [2.05, 4.69) is 15.3 Å². The fourth-order valence-electron chi connectivity index (χ4n) is 2.20. The van der Waals surface area contributed by atoms with Crippen molar-refractivity contribution < 1.29 is 4.74 Å². The van der Waals surface area contributed by atoms with Gasteiger partial charge in [0.1, 0.15) is 6.61 Å². The summed E-state index contributed by atoms with van der Waals surface area (Å²) < 4.78 is 6.01. The zero-order valence-corrected chi connectivity index (χ0v) is 14.5. The maximum absolute atomic E-state index is 6.01. The number of thiazole rings is 1. The van der Waals surface area contributed by atoms with Gasteiger partial charge >= 0.3 is 0 Å². The zero-order valence-electron chi connectivity index (χ0n) is 13.7. The van der Waals surface area contributed by atoms with Gasteiger partial charge < -0.3 is 10.1 Å². The lowest BCUT2D eigenvalue weighted by atomic mass is 10.2. The van der Waals surface area contributed by atoms with Crippen LogP contribution in [0, 0.1) is 6.92 Å². The number of nitrogens with zero attached hydrogens (tertiary/aromatic N) is 2. The summed E-state index contributed by atoms with van der Waals surface area (Å²) >= 11 is 1.55. The van der Waals surface area contributed by atoms with Gasteiger partial charge in [-0.25, -0.2) is 9.97 Å². The van der Waals surface area contributed by atoms with Crippen LogP contribution in [0.5, 0.6) is 5.75 Å². The van der Waals surface area contributed by atoms with E-state index in [0.29, 0.717) is 18.2 Å². The molecular weight excluding hydrogens is 318 g/mol. The van der Waals surface area contributed by atoms with E-state index in [0.717, 1.165) is 22.0 Å². The highest BCUT2D eigenvalue weighted by atomic mass is 32.1. The van der Waals surface area contributed by atoms with E-state index in [-0.39, 0.29) is 0 Å². The molecule has 1 aromatic carbocycles. The van der Waals surface area contributed by atoms with Gasteiger partial charge in [0, 0.05) is 11.6 Å². The fraction of sp³-hybridized carbons (Fsp3) is 0.158. The van der Waals surface area contributed by atoms with E-state index in [1.165, 1.54) is 0 Å². The molecule has 0 aliphatic carbocycles. The molecule has 1 N–H and O–H groups in total. The van der Waals surface area contributed by atoms with E-state index in [4.69, 9.17) is 4.74 Å². The molecule has 3 aromatic rings. The maximum Gasteiger partial charge on any atom is 0.188 e. The summed E-state index contributed by atoms with van der Waals surface area (Å²) in [5.74, 6) is 1.39. The van der Waals surface area contributed by atoms with Gasteiger partial charge in [-0.1, -0.05) is 42.5 Å². The standard InChI is InChI=1S/C19H19N3OS/c1-3-7-16-10-17(23-12-15-8-5-4-6-9-15)18(20-11-16)22-19-21-14(2)13-24-19/h3-11,13H,12H2,1-2H3,(H,20,21,22). The Bertz CT molecular complexity index is 828. The average molecular weight is 337 g/mol. The Hall–Kier alpha value is -2.66. The van der Waals surface area contributed by atoms with Crippen molar-refractivity contribution in [3.05, 3.63) is 70.9 Å². The van der Waals surface area contributed by atoms with Crippen molar-refractivity contribution in [3.63, 3.8) is 0 Å². The summed E-state index contributed by atoms with van der Waals surface area (Å²) in [6.07, 6.45) is 5.80. The largest absolute Gasteiger partial charge is 0.485 e. The number of aromatic nitrogens is 2. The summed E-state index contributed by atoms with van der Waals surface area (Å²) in [4.78, 5) is 8.92. The Morgan fingerprint density at radius 3 is 2.79 bits per heavy atom. The van der Waals surface area contributed by atoms with E-state index in [9.17, 15) is 0 Å². The number of pyridine rings is 1. The van der Waals surface area contributed by atoms with Crippen LogP contribution in [0.15, 0.2) is 54.1 Å². The lowest BCUT2D eigenvalue weighted by Crippen LogP contribution is -2.01. The molecule has 2 heterocycles. The van der Waals surface area contributed by atoms with Gasteiger partial charge in [-0.15, -0.1) is 11.3 Å². The molecule has 0 radical (unpaired) electrons. The number of ether oxygens (including phenoxy) is 1. The van der Waals surface area contributed by atoms with Crippen LogP contribution >= 0.6 is 11.3 Å². The van der Waals surface area contributed by atoms with Gasteiger partial charge in [0.2, 0.25) is 0 Å². The Kier molecular flexibility index (Phi) is 5.23. The van der Waals surface area contributed by atoms with Crippen molar-refractivity contribution in [1.29, 1.82) is 0 Å². The van der Waals surface area contributed by atoms with Crippen molar-refractivity contribution in [1.82, 2.24) is 9.97 Å². The Balaban J connectivity index is 1.83. The summed E-state index contributed by atoms with van der Waals surface area (Å²) in [6.45, 7) is 4.44.